The molecular weight excluding hydrogens is 392 g/mol. The van der Waals surface area contributed by atoms with Gasteiger partial charge in [0, 0.05) is 29.9 Å². The van der Waals surface area contributed by atoms with E-state index in [2.05, 4.69) is 20.2 Å². The second-order valence-electron chi connectivity index (χ2n) is 6.08. The fraction of sp³-hybridized carbons (Fsp3) is 0.150. The largest absolute Gasteiger partial charge is 0.477 e. The van der Waals surface area contributed by atoms with Crippen molar-refractivity contribution in [2.75, 3.05) is 16.6 Å². The van der Waals surface area contributed by atoms with Gasteiger partial charge in [-0.05, 0) is 49.4 Å². The summed E-state index contributed by atoms with van der Waals surface area (Å²) in [7, 11) is -3.76. The monoisotopic (exact) mass is 412 g/mol. The smallest absolute Gasteiger partial charge is 0.261 e. The third-order valence-corrected chi connectivity index (χ3v) is 5.25. The Labute approximate surface area is 169 Å². The zero-order valence-corrected chi connectivity index (χ0v) is 16.7. The van der Waals surface area contributed by atoms with Gasteiger partial charge >= 0.3 is 0 Å². The average molecular weight is 412 g/mol. The maximum atomic E-state index is 12.6. The maximum absolute atomic E-state index is 12.6. The van der Waals surface area contributed by atoms with Crippen LogP contribution in [0.4, 0.5) is 11.4 Å². The van der Waals surface area contributed by atoms with Crippen LogP contribution in [0, 0.1) is 0 Å². The molecule has 0 aliphatic carbocycles. The molecule has 0 radical (unpaired) electrons. The summed E-state index contributed by atoms with van der Waals surface area (Å²) in [5.41, 5.74) is 2.38. The summed E-state index contributed by atoms with van der Waals surface area (Å²) < 4.78 is 32.9. The van der Waals surface area contributed by atoms with Crippen LogP contribution in [0.25, 0.3) is 11.3 Å². The van der Waals surface area contributed by atoms with Crippen LogP contribution in [0.15, 0.2) is 65.6 Å². The molecule has 0 saturated carbocycles. The minimum Gasteiger partial charge on any atom is -0.477 e. The van der Waals surface area contributed by atoms with Gasteiger partial charge in [0.25, 0.3) is 10.0 Å². The standard InChI is InChI=1S/C20H20N4O4S/c1-3-28-20-13-12-19(22-23-20)15-4-6-17(7-5-15)24-29(26,27)18-10-8-16(9-11-18)21-14(2)25/h4-13,24H,3H2,1-2H3,(H,21,25). The Morgan fingerprint density at radius 1 is 0.931 bits per heavy atom. The highest BCUT2D eigenvalue weighted by Crippen LogP contribution is 2.22. The van der Waals surface area contributed by atoms with Crippen LogP contribution < -0.4 is 14.8 Å². The molecule has 1 amide bonds. The highest BCUT2D eigenvalue weighted by Gasteiger charge is 2.14. The number of rotatable bonds is 7. The molecule has 0 fully saturated rings. The second-order valence-corrected chi connectivity index (χ2v) is 7.76. The van der Waals surface area contributed by atoms with Crippen molar-refractivity contribution in [3.63, 3.8) is 0 Å². The molecule has 0 spiro atoms. The quantitative estimate of drug-likeness (QED) is 0.616. The van der Waals surface area contributed by atoms with Gasteiger partial charge in [-0.3, -0.25) is 9.52 Å². The normalized spacial score (nSPS) is 11.0. The first-order valence-corrected chi connectivity index (χ1v) is 10.3. The lowest BCUT2D eigenvalue weighted by Gasteiger charge is -2.10. The Morgan fingerprint density at radius 2 is 1.59 bits per heavy atom. The minimum atomic E-state index is -3.76. The van der Waals surface area contributed by atoms with E-state index in [-0.39, 0.29) is 10.8 Å². The number of nitrogens with one attached hydrogen (secondary N) is 2. The third kappa shape index (κ3) is 5.29. The molecule has 29 heavy (non-hydrogen) atoms. The number of ether oxygens (including phenoxy) is 1. The maximum Gasteiger partial charge on any atom is 0.261 e. The first-order chi connectivity index (χ1) is 13.9. The fourth-order valence-electron chi connectivity index (χ4n) is 2.54. The third-order valence-electron chi connectivity index (χ3n) is 3.85. The van der Waals surface area contributed by atoms with E-state index in [0.29, 0.717) is 29.6 Å². The molecule has 8 nitrogen and oxygen atoms in total. The topological polar surface area (TPSA) is 110 Å². The van der Waals surface area contributed by atoms with Crippen molar-refractivity contribution in [1.82, 2.24) is 10.2 Å². The Bertz CT molecular complexity index is 1080. The number of sulfonamides is 1. The van der Waals surface area contributed by atoms with Crippen molar-refractivity contribution in [3.05, 3.63) is 60.7 Å². The molecule has 3 rings (SSSR count). The van der Waals surface area contributed by atoms with Gasteiger partial charge in [0.1, 0.15) is 0 Å². The molecule has 0 unspecified atom stereocenters. The molecule has 150 valence electrons. The Morgan fingerprint density at radius 3 is 2.14 bits per heavy atom. The van der Waals surface area contributed by atoms with Crippen LogP contribution in [-0.4, -0.2) is 31.1 Å². The van der Waals surface area contributed by atoms with Gasteiger partial charge in [-0.1, -0.05) is 12.1 Å². The van der Waals surface area contributed by atoms with Crippen molar-refractivity contribution in [1.29, 1.82) is 0 Å². The van der Waals surface area contributed by atoms with Crippen molar-refractivity contribution < 1.29 is 17.9 Å². The lowest BCUT2D eigenvalue weighted by atomic mass is 10.1. The van der Waals surface area contributed by atoms with Crippen LogP contribution in [0.5, 0.6) is 5.88 Å². The number of amides is 1. The first kappa shape index (κ1) is 20.3. The molecule has 0 saturated heterocycles. The van der Waals surface area contributed by atoms with Gasteiger partial charge < -0.3 is 10.1 Å². The Kier molecular flexibility index (Phi) is 6.08. The van der Waals surface area contributed by atoms with E-state index in [1.54, 1.807) is 36.4 Å². The number of carbonyl (C=O) groups is 1. The summed E-state index contributed by atoms with van der Waals surface area (Å²) in [6.07, 6.45) is 0. The number of anilines is 2. The summed E-state index contributed by atoms with van der Waals surface area (Å²) >= 11 is 0. The number of hydrogen-bond donors (Lipinski definition) is 2. The molecule has 0 atom stereocenters. The highest BCUT2D eigenvalue weighted by molar-refractivity contribution is 7.92. The summed E-state index contributed by atoms with van der Waals surface area (Å²) in [6.45, 7) is 3.76. The second kappa shape index (κ2) is 8.70. The zero-order chi connectivity index (χ0) is 20.9. The average Bonchev–Trinajstić information content (AvgIpc) is 2.69. The van der Waals surface area contributed by atoms with Crippen LogP contribution in [-0.2, 0) is 14.8 Å². The van der Waals surface area contributed by atoms with Crippen LogP contribution in [0.3, 0.4) is 0 Å². The molecule has 1 heterocycles. The number of hydrogen-bond acceptors (Lipinski definition) is 6. The van der Waals surface area contributed by atoms with Gasteiger partial charge in [0.2, 0.25) is 11.8 Å². The fourth-order valence-corrected chi connectivity index (χ4v) is 3.60. The van der Waals surface area contributed by atoms with E-state index in [4.69, 9.17) is 4.74 Å². The van der Waals surface area contributed by atoms with E-state index >= 15 is 0 Å². The van der Waals surface area contributed by atoms with Crippen molar-refractivity contribution >= 4 is 27.3 Å². The predicted molar refractivity (Wildman–Crippen MR) is 110 cm³/mol. The first-order valence-electron chi connectivity index (χ1n) is 8.85. The molecule has 2 N–H and O–H groups in total. The van der Waals surface area contributed by atoms with Gasteiger partial charge in [-0.15, -0.1) is 10.2 Å². The molecule has 0 bridgehead atoms. The van der Waals surface area contributed by atoms with Crippen molar-refractivity contribution in [2.45, 2.75) is 18.7 Å². The van der Waals surface area contributed by atoms with Crippen LogP contribution in [0.2, 0.25) is 0 Å². The lowest BCUT2D eigenvalue weighted by Crippen LogP contribution is -2.13. The van der Waals surface area contributed by atoms with Gasteiger partial charge in [-0.2, -0.15) is 0 Å². The Hall–Kier alpha value is -3.46. The summed E-state index contributed by atoms with van der Waals surface area (Å²) in [5, 5.41) is 10.7. The van der Waals surface area contributed by atoms with E-state index in [0.717, 1.165) is 5.56 Å². The van der Waals surface area contributed by atoms with Gasteiger partial charge in [0.15, 0.2) is 0 Å². The summed E-state index contributed by atoms with van der Waals surface area (Å²) in [4.78, 5) is 11.1. The SMILES string of the molecule is CCOc1ccc(-c2ccc(NS(=O)(=O)c3ccc(NC(C)=O)cc3)cc2)nn1. The molecule has 0 aliphatic rings. The van der Waals surface area contributed by atoms with Gasteiger partial charge in [0.05, 0.1) is 17.2 Å². The summed E-state index contributed by atoms with van der Waals surface area (Å²) in [5.74, 6) is 0.223. The van der Waals surface area contributed by atoms with E-state index in [1.807, 2.05) is 6.92 Å². The van der Waals surface area contributed by atoms with Crippen LogP contribution in [0.1, 0.15) is 13.8 Å². The Balaban J connectivity index is 1.72. The molecule has 3 aromatic rings. The predicted octanol–water partition coefficient (Wildman–Crippen LogP) is 3.30. The lowest BCUT2D eigenvalue weighted by molar-refractivity contribution is -0.114. The molecule has 2 aromatic carbocycles. The molecule has 1 aromatic heterocycles. The van der Waals surface area contributed by atoms with Gasteiger partial charge in [-0.25, -0.2) is 8.42 Å². The number of nitrogens with zero attached hydrogens (tertiary/aromatic N) is 2. The summed E-state index contributed by atoms with van der Waals surface area (Å²) in [6, 6.07) is 16.2. The zero-order valence-electron chi connectivity index (χ0n) is 15.9. The number of carbonyl (C=O) groups excluding carboxylic acids is 1. The van der Waals surface area contributed by atoms with E-state index in [1.165, 1.54) is 31.2 Å². The molecular formula is C20H20N4O4S. The van der Waals surface area contributed by atoms with E-state index < -0.39 is 10.0 Å². The van der Waals surface area contributed by atoms with Crippen LogP contribution >= 0.6 is 0 Å². The molecule has 9 heteroatoms. The van der Waals surface area contributed by atoms with E-state index in [9.17, 15) is 13.2 Å². The number of aromatic nitrogens is 2. The van der Waals surface area contributed by atoms with Crippen molar-refractivity contribution in [2.24, 2.45) is 0 Å². The minimum absolute atomic E-state index is 0.0908. The molecule has 0 aliphatic heterocycles. The highest BCUT2D eigenvalue weighted by atomic mass is 32.2. The number of benzene rings is 2. The van der Waals surface area contributed by atoms with Crippen molar-refractivity contribution in [3.8, 4) is 17.1 Å².